The minimum absolute atomic E-state index is 0.0107. The van der Waals surface area contributed by atoms with Crippen LogP contribution >= 0.6 is 0 Å². The predicted octanol–water partition coefficient (Wildman–Crippen LogP) is 1.37. The zero-order valence-corrected chi connectivity index (χ0v) is 9.34. The lowest BCUT2D eigenvalue weighted by Gasteiger charge is -2.06. The highest BCUT2D eigenvalue weighted by molar-refractivity contribution is 7.85. The van der Waals surface area contributed by atoms with Crippen LogP contribution in [0.5, 0.6) is 0 Å². The van der Waals surface area contributed by atoms with Gasteiger partial charge in [-0.1, -0.05) is 17.7 Å². The van der Waals surface area contributed by atoms with E-state index in [9.17, 15) is 13.2 Å². The van der Waals surface area contributed by atoms with E-state index in [1.54, 1.807) is 19.1 Å². The highest BCUT2D eigenvalue weighted by atomic mass is 32.2. The summed E-state index contributed by atoms with van der Waals surface area (Å²) < 4.78 is 30.9. The van der Waals surface area contributed by atoms with Crippen LogP contribution in [0, 0.1) is 6.92 Å². The maximum absolute atomic E-state index is 11.0. The first-order valence-corrected chi connectivity index (χ1v) is 5.81. The highest BCUT2D eigenvalue weighted by Crippen LogP contribution is 2.17. The van der Waals surface area contributed by atoms with Gasteiger partial charge in [-0.3, -0.25) is 9.35 Å². The average Bonchev–Trinajstić information content (AvgIpc) is 1.99. The summed E-state index contributed by atoms with van der Waals surface area (Å²) in [5.41, 5.74) is 1.18. The van der Waals surface area contributed by atoms with Gasteiger partial charge in [0, 0.05) is 6.42 Å². The molecule has 0 heterocycles. The van der Waals surface area contributed by atoms with Gasteiger partial charge in [0.2, 0.25) is 0 Å². The molecule has 0 saturated heterocycles. The van der Waals surface area contributed by atoms with Crippen molar-refractivity contribution in [2.75, 3.05) is 0 Å². The first-order valence-electron chi connectivity index (χ1n) is 4.37. The van der Waals surface area contributed by atoms with Gasteiger partial charge in [0.25, 0.3) is 10.1 Å². The molecule has 0 unspecified atom stereocenters. The summed E-state index contributed by atoms with van der Waals surface area (Å²) in [5, 5.41) is 0. The number of hydrogen-bond donors (Lipinski definition) is 1. The lowest BCUT2D eigenvalue weighted by Crippen LogP contribution is -2.06. The Morgan fingerprint density at radius 1 is 1.40 bits per heavy atom. The first-order chi connectivity index (χ1) is 6.80. The zero-order chi connectivity index (χ0) is 11.6. The number of rotatable bonds is 3. The molecule has 0 amide bonds. The fourth-order valence-corrected chi connectivity index (χ4v) is 2.07. The molecular weight excluding hydrogens is 216 g/mol. The third-order valence-electron chi connectivity index (χ3n) is 1.93. The molecule has 5 heteroatoms. The van der Waals surface area contributed by atoms with E-state index in [0.717, 1.165) is 5.56 Å². The summed E-state index contributed by atoms with van der Waals surface area (Å²) in [4.78, 5) is 10.7. The van der Waals surface area contributed by atoms with Crippen LogP contribution in [0.3, 0.4) is 0 Å². The van der Waals surface area contributed by atoms with Crippen molar-refractivity contribution in [3.05, 3.63) is 29.3 Å². The van der Waals surface area contributed by atoms with Crippen LogP contribution in [0.15, 0.2) is 23.1 Å². The van der Waals surface area contributed by atoms with Gasteiger partial charge in [-0.2, -0.15) is 8.42 Å². The van der Waals surface area contributed by atoms with Crippen molar-refractivity contribution in [3.8, 4) is 0 Å². The number of carbonyl (C=O) groups excluding carboxylic acids is 1. The van der Waals surface area contributed by atoms with Crippen molar-refractivity contribution < 1.29 is 17.8 Å². The van der Waals surface area contributed by atoms with Crippen LogP contribution < -0.4 is 0 Å². The van der Waals surface area contributed by atoms with E-state index in [-0.39, 0.29) is 17.1 Å². The van der Waals surface area contributed by atoms with Crippen LogP contribution in [-0.2, 0) is 21.3 Å². The van der Waals surface area contributed by atoms with Gasteiger partial charge in [0.15, 0.2) is 0 Å². The lowest BCUT2D eigenvalue weighted by atomic mass is 10.1. The normalized spacial score (nSPS) is 11.4. The van der Waals surface area contributed by atoms with E-state index >= 15 is 0 Å². The van der Waals surface area contributed by atoms with Crippen LogP contribution in [0.25, 0.3) is 0 Å². The molecular formula is C10H12O4S. The van der Waals surface area contributed by atoms with E-state index in [1.807, 2.05) is 0 Å². The molecule has 0 aliphatic rings. The van der Waals surface area contributed by atoms with Crippen LogP contribution in [0.2, 0.25) is 0 Å². The van der Waals surface area contributed by atoms with Crippen molar-refractivity contribution >= 4 is 15.9 Å². The Labute approximate surface area is 88.7 Å². The van der Waals surface area contributed by atoms with Crippen LogP contribution in [0.1, 0.15) is 18.1 Å². The van der Waals surface area contributed by atoms with Gasteiger partial charge in [0.05, 0.1) is 4.90 Å². The SMILES string of the molecule is CC(=O)Cc1cc(C)ccc1S(=O)(=O)O. The Bertz CT molecular complexity index is 488. The molecule has 0 atom stereocenters. The second-order valence-electron chi connectivity index (χ2n) is 3.47. The van der Waals surface area contributed by atoms with Crippen molar-refractivity contribution in [2.24, 2.45) is 0 Å². The molecule has 0 saturated carbocycles. The minimum Gasteiger partial charge on any atom is -0.300 e. The maximum atomic E-state index is 11.0. The van der Waals surface area contributed by atoms with E-state index < -0.39 is 10.1 Å². The molecule has 1 aromatic rings. The fraction of sp³-hybridized carbons (Fsp3) is 0.300. The number of hydrogen-bond acceptors (Lipinski definition) is 3. The van der Waals surface area contributed by atoms with Gasteiger partial charge in [-0.05, 0) is 25.5 Å². The molecule has 82 valence electrons. The van der Waals surface area contributed by atoms with Gasteiger partial charge in [0.1, 0.15) is 5.78 Å². The number of ketones is 1. The predicted molar refractivity (Wildman–Crippen MR) is 55.4 cm³/mol. The van der Waals surface area contributed by atoms with E-state index in [1.165, 1.54) is 13.0 Å². The average molecular weight is 228 g/mol. The first kappa shape index (κ1) is 11.9. The van der Waals surface area contributed by atoms with Crippen molar-refractivity contribution in [3.63, 3.8) is 0 Å². The molecule has 0 radical (unpaired) electrons. The molecule has 0 aliphatic carbocycles. The van der Waals surface area contributed by atoms with E-state index in [2.05, 4.69) is 0 Å². The zero-order valence-electron chi connectivity index (χ0n) is 8.52. The molecule has 1 aromatic carbocycles. The van der Waals surface area contributed by atoms with Crippen molar-refractivity contribution in [1.29, 1.82) is 0 Å². The smallest absolute Gasteiger partial charge is 0.294 e. The summed E-state index contributed by atoms with van der Waals surface area (Å²) in [6, 6.07) is 4.47. The summed E-state index contributed by atoms with van der Waals surface area (Å²) in [6.45, 7) is 3.16. The molecule has 0 aromatic heterocycles. The molecule has 1 N–H and O–H groups in total. The minimum atomic E-state index is -4.25. The van der Waals surface area contributed by atoms with Gasteiger partial charge in [-0.25, -0.2) is 0 Å². The molecule has 15 heavy (non-hydrogen) atoms. The number of carbonyl (C=O) groups is 1. The van der Waals surface area contributed by atoms with Gasteiger partial charge in [-0.15, -0.1) is 0 Å². The van der Waals surface area contributed by atoms with Gasteiger partial charge < -0.3 is 0 Å². The summed E-state index contributed by atoms with van der Waals surface area (Å²) >= 11 is 0. The Kier molecular flexibility index (Phi) is 3.26. The fourth-order valence-electron chi connectivity index (χ4n) is 1.37. The van der Waals surface area contributed by atoms with E-state index in [4.69, 9.17) is 4.55 Å². The Hall–Kier alpha value is -1.20. The molecule has 1 rings (SSSR count). The van der Waals surface area contributed by atoms with Gasteiger partial charge >= 0.3 is 0 Å². The number of Topliss-reactive ketones (excluding diaryl/α,β-unsaturated/α-hetero) is 1. The molecule has 0 spiro atoms. The van der Waals surface area contributed by atoms with Crippen LogP contribution in [0.4, 0.5) is 0 Å². The molecule has 0 bridgehead atoms. The van der Waals surface area contributed by atoms with Crippen LogP contribution in [-0.4, -0.2) is 18.8 Å². The Morgan fingerprint density at radius 2 is 2.00 bits per heavy atom. The summed E-state index contributed by atoms with van der Waals surface area (Å²) in [7, 11) is -4.25. The second kappa shape index (κ2) is 4.12. The third kappa shape index (κ3) is 3.14. The Morgan fingerprint density at radius 3 is 2.47 bits per heavy atom. The highest BCUT2D eigenvalue weighted by Gasteiger charge is 2.15. The Balaban J connectivity index is 3.33. The molecule has 0 aliphatic heterocycles. The molecule has 0 fully saturated rings. The number of benzene rings is 1. The largest absolute Gasteiger partial charge is 0.300 e. The topological polar surface area (TPSA) is 71.4 Å². The standard InChI is InChI=1S/C10H12O4S/c1-7-3-4-10(15(12,13)14)9(5-7)6-8(2)11/h3-5H,6H2,1-2H3,(H,12,13,14). The summed E-state index contributed by atoms with van der Waals surface area (Å²) in [6.07, 6.45) is 0.0107. The van der Waals surface area contributed by atoms with E-state index in [0.29, 0.717) is 5.56 Å². The summed E-state index contributed by atoms with van der Waals surface area (Å²) in [5.74, 6) is -0.148. The van der Waals surface area contributed by atoms with Crippen molar-refractivity contribution in [1.82, 2.24) is 0 Å². The lowest BCUT2D eigenvalue weighted by molar-refractivity contribution is -0.116. The quantitative estimate of drug-likeness (QED) is 0.793. The molecule has 4 nitrogen and oxygen atoms in total. The van der Waals surface area contributed by atoms with Crippen molar-refractivity contribution in [2.45, 2.75) is 25.2 Å². The maximum Gasteiger partial charge on any atom is 0.294 e. The monoisotopic (exact) mass is 228 g/mol. The second-order valence-corrected chi connectivity index (χ2v) is 4.85. The third-order valence-corrected chi connectivity index (χ3v) is 2.89. The number of aryl methyl sites for hydroxylation is 1.